The maximum absolute atomic E-state index is 11.6. The standard InChI is InChI=1S/C18H32O2/c1-4-6-8-10-12-13-15-17(3)20-18(19)16-14-11-9-7-5-2/h17H,4-12,14,16H2,1-3H3. The SMILES string of the molecule is CCCCCCC#CC(C)OC(=O)CCCCCCC. The highest BCUT2D eigenvalue weighted by molar-refractivity contribution is 5.69. The van der Waals surface area contributed by atoms with Crippen molar-refractivity contribution in [2.75, 3.05) is 0 Å². The molecule has 0 saturated heterocycles. The van der Waals surface area contributed by atoms with Gasteiger partial charge in [-0.2, -0.15) is 0 Å². The molecule has 1 atom stereocenters. The van der Waals surface area contributed by atoms with Gasteiger partial charge >= 0.3 is 5.97 Å². The molecule has 0 aliphatic carbocycles. The Morgan fingerprint density at radius 2 is 1.55 bits per heavy atom. The number of carbonyl (C=O) groups is 1. The Balaban J connectivity index is 3.56. The van der Waals surface area contributed by atoms with Crippen LogP contribution in [-0.4, -0.2) is 12.1 Å². The zero-order chi connectivity index (χ0) is 15.1. The van der Waals surface area contributed by atoms with Crippen molar-refractivity contribution in [1.29, 1.82) is 0 Å². The molecule has 0 aliphatic heterocycles. The van der Waals surface area contributed by atoms with E-state index in [-0.39, 0.29) is 12.1 Å². The van der Waals surface area contributed by atoms with Crippen LogP contribution in [0.1, 0.15) is 91.4 Å². The van der Waals surface area contributed by atoms with E-state index in [0.29, 0.717) is 6.42 Å². The van der Waals surface area contributed by atoms with Gasteiger partial charge in [-0.3, -0.25) is 4.79 Å². The molecule has 0 heterocycles. The smallest absolute Gasteiger partial charge is 0.307 e. The first kappa shape index (κ1) is 19.0. The van der Waals surface area contributed by atoms with Crippen LogP contribution in [0.25, 0.3) is 0 Å². The number of unbranched alkanes of at least 4 members (excludes halogenated alkanes) is 8. The van der Waals surface area contributed by atoms with Gasteiger partial charge in [0.05, 0.1) is 0 Å². The third-order valence-corrected chi connectivity index (χ3v) is 3.25. The summed E-state index contributed by atoms with van der Waals surface area (Å²) in [5.74, 6) is 6.01. The topological polar surface area (TPSA) is 26.3 Å². The first-order valence-electron chi connectivity index (χ1n) is 8.38. The summed E-state index contributed by atoms with van der Waals surface area (Å²) in [4.78, 5) is 11.6. The van der Waals surface area contributed by atoms with Crippen molar-refractivity contribution in [2.24, 2.45) is 0 Å². The van der Waals surface area contributed by atoms with Crippen LogP contribution in [0.5, 0.6) is 0 Å². The summed E-state index contributed by atoms with van der Waals surface area (Å²) in [5.41, 5.74) is 0. The van der Waals surface area contributed by atoms with Crippen LogP contribution in [-0.2, 0) is 9.53 Å². The van der Waals surface area contributed by atoms with Crippen molar-refractivity contribution in [3.05, 3.63) is 0 Å². The Kier molecular flexibility index (Phi) is 13.7. The molecule has 0 aromatic rings. The lowest BCUT2D eigenvalue weighted by Crippen LogP contribution is -2.12. The number of ether oxygens (including phenoxy) is 1. The molecule has 0 aliphatic rings. The molecule has 0 spiro atoms. The molecular formula is C18H32O2. The quantitative estimate of drug-likeness (QED) is 0.293. The van der Waals surface area contributed by atoms with Crippen molar-refractivity contribution < 1.29 is 9.53 Å². The predicted octanol–water partition coefficient (Wildman–Crippen LogP) is 5.25. The average Bonchev–Trinajstić information content (AvgIpc) is 2.42. The van der Waals surface area contributed by atoms with E-state index in [4.69, 9.17) is 4.74 Å². The summed E-state index contributed by atoms with van der Waals surface area (Å²) in [7, 11) is 0. The molecule has 2 nitrogen and oxygen atoms in total. The first-order chi connectivity index (χ1) is 9.70. The lowest BCUT2D eigenvalue weighted by molar-refractivity contribution is -0.145. The van der Waals surface area contributed by atoms with Crippen molar-refractivity contribution in [2.45, 2.75) is 97.5 Å². The van der Waals surface area contributed by atoms with E-state index in [1.54, 1.807) is 0 Å². The Hall–Kier alpha value is -0.970. The molecule has 0 aromatic heterocycles. The van der Waals surface area contributed by atoms with Crippen LogP contribution < -0.4 is 0 Å². The molecule has 0 radical (unpaired) electrons. The monoisotopic (exact) mass is 280 g/mol. The largest absolute Gasteiger partial charge is 0.449 e. The second-order valence-electron chi connectivity index (χ2n) is 5.43. The summed E-state index contributed by atoms with van der Waals surface area (Å²) in [6, 6.07) is 0. The Bertz CT molecular complexity index is 286. The lowest BCUT2D eigenvalue weighted by atomic mass is 10.1. The van der Waals surface area contributed by atoms with Gasteiger partial charge in [-0.1, -0.05) is 70.6 Å². The fourth-order valence-corrected chi connectivity index (χ4v) is 2.01. The van der Waals surface area contributed by atoms with E-state index in [1.807, 2.05) is 6.92 Å². The molecule has 0 amide bonds. The van der Waals surface area contributed by atoms with Crippen LogP contribution in [0, 0.1) is 11.8 Å². The van der Waals surface area contributed by atoms with Crippen LogP contribution in [0.4, 0.5) is 0 Å². The molecule has 116 valence electrons. The summed E-state index contributed by atoms with van der Waals surface area (Å²) in [5, 5.41) is 0. The Morgan fingerprint density at radius 3 is 2.20 bits per heavy atom. The molecule has 20 heavy (non-hydrogen) atoms. The fraction of sp³-hybridized carbons (Fsp3) is 0.833. The maximum atomic E-state index is 11.6. The number of hydrogen-bond acceptors (Lipinski definition) is 2. The van der Waals surface area contributed by atoms with E-state index in [9.17, 15) is 4.79 Å². The fourth-order valence-electron chi connectivity index (χ4n) is 2.01. The third kappa shape index (κ3) is 13.5. The number of hydrogen-bond donors (Lipinski definition) is 0. The summed E-state index contributed by atoms with van der Waals surface area (Å²) in [6.45, 7) is 6.25. The third-order valence-electron chi connectivity index (χ3n) is 3.25. The van der Waals surface area contributed by atoms with E-state index in [1.165, 1.54) is 38.5 Å². The highest BCUT2D eigenvalue weighted by Gasteiger charge is 2.06. The average molecular weight is 280 g/mol. The van der Waals surface area contributed by atoms with Crippen molar-refractivity contribution in [1.82, 2.24) is 0 Å². The van der Waals surface area contributed by atoms with Crippen molar-refractivity contribution >= 4 is 5.97 Å². The highest BCUT2D eigenvalue weighted by Crippen LogP contribution is 2.06. The lowest BCUT2D eigenvalue weighted by Gasteiger charge is -2.07. The molecule has 0 bridgehead atoms. The van der Waals surface area contributed by atoms with Crippen molar-refractivity contribution in [3.63, 3.8) is 0 Å². The minimum Gasteiger partial charge on any atom is -0.449 e. The van der Waals surface area contributed by atoms with Gasteiger partial charge < -0.3 is 4.74 Å². The normalized spacial score (nSPS) is 11.6. The van der Waals surface area contributed by atoms with Crippen molar-refractivity contribution in [3.8, 4) is 11.8 Å². The van der Waals surface area contributed by atoms with Gasteiger partial charge in [0.2, 0.25) is 0 Å². The van der Waals surface area contributed by atoms with Gasteiger partial charge in [0, 0.05) is 12.8 Å². The maximum Gasteiger partial charge on any atom is 0.307 e. The molecular weight excluding hydrogens is 248 g/mol. The molecule has 2 heteroatoms. The van der Waals surface area contributed by atoms with Crippen LogP contribution in [0.2, 0.25) is 0 Å². The minimum absolute atomic E-state index is 0.103. The van der Waals surface area contributed by atoms with E-state index in [2.05, 4.69) is 25.7 Å². The van der Waals surface area contributed by atoms with Gasteiger partial charge in [0.1, 0.15) is 0 Å². The Labute approximate surface area is 125 Å². The van der Waals surface area contributed by atoms with Gasteiger partial charge in [-0.25, -0.2) is 0 Å². The molecule has 0 fully saturated rings. The van der Waals surface area contributed by atoms with Gasteiger partial charge in [0.25, 0.3) is 0 Å². The first-order valence-corrected chi connectivity index (χ1v) is 8.38. The van der Waals surface area contributed by atoms with E-state index < -0.39 is 0 Å². The highest BCUT2D eigenvalue weighted by atomic mass is 16.5. The van der Waals surface area contributed by atoms with E-state index in [0.717, 1.165) is 25.7 Å². The van der Waals surface area contributed by atoms with Crippen LogP contribution >= 0.6 is 0 Å². The Morgan fingerprint density at radius 1 is 0.950 bits per heavy atom. The van der Waals surface area contributed by atoms with Gasteiger partial charge in [-0.15, -0.1) is 0 Å². The second-order valence-corrected chi connectivity index (χ2v) is 5.43. The van der Waals surface area contributed by atoms with E-state index >= 15 is 0 Å². The zero-order valence-electron chi connectivity index (χ0n) is 13.7. The zero-order valence-corrected chi connectivity index (χ0v) is 13.7. The number of esters is 1. The molecule has 1 unspecified atom stereocenters. The molecule has 0 saturated carbocycles. The van der Waals surface area contributed by atoms with Crippen LogP contribution in [0.15, 0.2) is 0 Å². The molecule has 0 rings (SSSR count). The number of carbonyl (C=O) groups excluding carboxylic acids is 1. The molecule has 0 N–H and O–H groups in total. The summed E-state index contributed by atoms with van der Waals surface area (Å²) >= 11 is 0. The minimum atomic E-state index is -0.260. The van der Waals surface area contributed by atoms with Gasteiger partial charge in [-0.05, 0) is 19.8 Å². The van der Waals surface area contributed by atoms with Crippen LogP contribution in [0.3, 0.4) is 0 Å². The summed E-state index contributed by atoms with van der Waals surface area (Å²) < 4.78 is 5.27. The number of rotatable bonds is 11. The second kappa shape index (κ2) is 14.4. The molecule has 0 aromatic carbocycles. The van der Waals surface area contributed by atoms with Gasteiger partial charge in [0.15, 0.2) is 6.10 Å². The predicted molar refractivity (Wildman–Crippen MR) is 85.5 cm³/mol. The summed E-state index contributed by atoms with van der Waals surface area (Å²) in [6.07, 6.45) is 11.9.